The van der Waals surface area contributed by atoms with Gasteiger partial charge in [0.25, 0.3) is 5.91 Å². The molecule has 0 unspecified atom stereocenters. The second-order valence-electron chi connectivity index (χ2n) is 6.28. The lowest BCUT2D eigenvalue weighted by Gasteiger charge is -2.07. The van der Waals surface area contributed by atoms with Gasteiger partial charge in [-0.2, -0.15) is 10.2 Å². The molecule has 0 aliphatic carbocycles. The lowest BCUT2D eigenvalue weighted by Crippen LogP contribution is -2.16. The van der Waals surface area contributed by atoms with Crippen LogP contribution in [0.1, 0.15) is 39.2 Å². The predicted octanol–water partition coefficient (Wildman–Crippen LogP) is 3.71. The van der Waals surface area contributed by atoms with Gasteiger partial charge >= 0.3 is 5.97 Å². The summed E-state index contributed by atoms with van der Waals surface area (Å²) in [5.41, 5.74) is 1.97. The molecule has 0 aliphatic rings. The van der Waals surface area contributed by atoms with Gasteiger partial charge in [-0.3, -0.25) is 14.2 Å². The lowest BCUT2D eigenvalue weighted by atomic mass is 10.2. The van der Waals surface area contributed by atoms with E-state index in [1.54, 1.807) is 36.9 Å². The molecule has 0 saturated heterocycles. The first kappa shape index (κ1) is 20.9. The molecule has 1 aromatic carbocycles. The van der Waals surface area contributed by atoms with E-state index in [1.807, 2.05) is 13.0 Å². The number of nitrogens with one attached hydrogen (secondary N) is 1. The standard InChI is InChI=1S/C19H19Cl2N5O3/c1-4-29-19(28)15-9-16(25(3)23-15)18(27)22-17-7-11(2)26(24-17)10-12-5-6-13(20)8-14(12)21/h5-9H,4,10H2,1-3H3,(H,22,24,27). The van der Waals surface area contributed by atoms with Crippen LogP contribution < -0.4 is 5.32 Å². The molecule has 0 radical (unpaired) electrons. The van der Waals surface area contributed by atoms with Crippen LogP contribution in [0, 0.1) is 6.92 Å². The minimum Gasteiger partial charge on any atom is -0.461 e. The molecule has 0 bridgehead atoms. The number of esters is 1. The van der Waals surface area contributed by atoms with E-state index in [2.05, 4.69) is 15.5 Å². The molecule has 1 amide bonds. The second kappa shape index (κ2) is 8.67. The normalized spacial score (nSPS) is 10.8. The van der Waals surface area contributed by atoms with Gasteiger partial charge in [0, 0.05) is 34.9 Å². The number of halogens is 2. The summed E-state index contributed by atoms with van der Waals surface area (Å²) in [6.07, 6.45) is 0. The summed E-state index contributed by atoms with van der Waals surface area (Å²) in [5.74, 6) is -0.650. The van der Waals surface area contributed by atoms with Gasteiger partial charge in [-0.05, 0) is 31.5 Å². The van der Waals surface area contributed by atoms with E-state index in [-0.39, 0.29) is 18.0 Å². The molecule has 3 aromatic rings. The van der Waals surface area contributed by atoms with E-state index >= 15 is 0 Å². The largest absolute Gasteiger partial charge is 0.461 e. The Morgan fingerprint density at radius 2 is 1.93 bits per heavy atom. The van der Waals surface area contributed by atoms with E-state index in [0.717, 1.165) is 11.3 Å². The fourth-order valence-corrected chi connectivity index (χ4v) is 3.18. The average Bonchev–Trinajstić information content (AvgIpc) is 3.20. The Morgan fingerprint density at radius 3 is 2.62 bits per heavy atom. The summed E-state index contributed by atoms with van der Waals surface area (Å²) in [5, 5.41) is 12.2. The zero-order chi connectivity index (χ0) is 21.1. The van der Waals surface area contributed by atoms with Crippen LogP contribution in [0.2, 0.25) is 10.0 Å². The molecule has 0 atom stereocenters. The zero-order valence-corrected chi connectivity index (χ0v) is 17.6. The molecule has 0 fully saturated rings. The number of anilines is 1. The quantitative estimate of drug-likeness (QED) is 0.595. The highest BCUT2D eigenvalue weighted by atomic mass is 35.5. The number of amides is 1. The zero-order valence-electron chi connectivity index (χ0n) is 16.1. The Labute approximate surface area is 177 Å². The number of nitrogens with zero attached hydrogens (tertiary/aromatic N) is 4. The van der Waals surface area contributed by atoms with Crippen molar-refractivity contribution < 1.29 is 14.3 Å². The van der Waals surface area contributed by atoms with Crippen molar-refractivity contribution in [1.29, 1.82) is 0 Å². The Morgan fingerprint density at radius 1 is 1.17 bits per heavy atom. The van der Waals surface area contributed by atoms with Crippen molar-refractivity contribution >= 4 is 40.9 Å². The Hall–Kier alpha value is -2.84. The fourth-order valence-electron chi connectivity index (χ4n) is 2.71. The molecule has 152 valence electrons. The molecular weight excluding hydrogens is 417 g/mol. The summed E-state index contributed by atoms with van der Waals surface area (Å²) >= 11 is 12.2. The molecular formula is C19H19Cl2N5O3. The van der Waals surface area contributed by atoms with Crippen LogP contribution in [0.15, 0.2) is 30.3 Å². The topological polar surface area (TPSA) is 91.0 Å². The molecule has 0 spiro atoms. The van der Waals surface area contributed by atoms with Gasteiger partial charge < -0.3 is 10.1 Å². The Bertz CT molecular complexity index is 1070. The van der Waals surface area contributed by atoms with Gasteiger partial charge in [0.05, 0.1) is 13.2 Å². The van der Waals surface area contributed by atoms with Crippen LogP contribution in [0.5, 0.6) is 0 Å². The first-order valence-electron chi connectivity index (χ1n) is 8.79. The number of ether oxygens (including phenoxy) is 1. The minimum absolute atomic E-state index is 0.0681. The molecule has 1 N–H and O–H groups in total. The van der Waals surface area contributed by atoms with Gasteiger partial charge in [-0.1, -0.05) is 29.3 Å². The summed E-state index contributed by atoms with van der Waals surface area (Å²) in [6.45, 7) is 4.22. The summed E-state index contributed by atoms with van der Waals surface area (Å²) < 4.78 is 7.94. The smallest absolute Gasteiger partial charge is 0.358 e. The minimum atomic E-state index is -0.581. The van der Waals surface area contributed by atoms with Crippen LogP contribution in [0.25, 0.3) is 0 Å². The van der Waals surface area contributed by atoms with Crippen molar-refractivity contribution in [2.45, 2.75) is 20.4 Å². The number of aryl methyl sites for hydroxylation is 2. The van der Waals surface area contributed by atoms with Crippen molar-refractivity contribution in [3.05, 3.63) is 63.0 Å². The number of carbonyl (C=O) groups excluding carboxylic acids is 2. The predicted molar refractivity (Wildman–Crippen MR) is 110 cm³/mol. The van der Waals surface area contributed by atoms with Gasteiger partial charge in [0.15, 0.2) is 11.5 Å². The van der Waals surface area contributed by atoms with Crippen molar-refractivity contribution in [1.82, 2.24) is 19.6 Å². The maximum absolute atomic E-state index is 12.6. The summed E-state index contributed by atoms with van der Waals surface area (Å²) in [6, 6.07) is 8.38. The van der Waals surface area contributed by atoms with Gasteiger partial charge in [-0.15, -0.1) is 0 Å². The van der Waals surface area contributed by atoms with E-state index in [9.17, 15) is 9.59 Å². The average molecular weight is 436 g/mol. The third-order valence-corrected chi connectivity index (χ3v) is 4.74. The number of benzene rings is 1. The monoisotopic (exact) mass is 435 g/mol. The number of hydrogen-bond donors (Lipinski definition) is 1. The summed E-state index contributed by atoms with van der Waals surface area (Å²) in [4.78, 5) is 24.4. The number of aromatic nitrogens is 4. The number of hydrogen-bond acceptors (Lipinski definition) is 5. The Kier molecular flexibility index (Phi) is 6.24. The van der Waals surface area contributed by atoms with E-state index in [1.165, 1.54) is 10.7 Å². The highest BCUT2D eigenvalue weighted by molar-refractivity contribution is 6.35. The van der Waals surface area contributed by atoms with Gasteiger partial charge in [0.1, 0.15) is 5.69 Å². The van der Waals surface area contributed by atoms with Crippen molar-refractivity contribution in [2.75, 3.05) is 11.9 Å². The van der Waals surface area contributed by atoms with E-state index in [4.69, 9.17) is 27.9 Å². The number of carbonyl (C=O) groups is 2. The maximum atomic E-state index is 12.6. The third-order valence-electron chi connectivity index (χ3n) is 4.16. The fraction of sp³-hybridized carbons (Fsp3) is 0.263. The molecule has 10 heteroatoms. The van der Waals surface area contributed by atoms with Gasteiger partial charge in [0.2, 0.25) is 0 Å². The highest BCUT2D eigenvalue weighted by Gasteiger charge is 2.19. The molecule has 3 rings (SSSR count). The van der Waals surface area contributed by atoms with Crippen LogP contribution in [0.4, 0.5) is 5.82 Å². The first-order chi connectivity index (χ1) is 13.8. The van der Waals surface area contributed by atoms with Crippen LogP contribution in [0.3, 0.4) is 0 Å². The van der Waals surface area contributed by atoms with Crippen LogP contribution in [-0.2, 0) is 18.3 Å². The van der Waals surface area contributed by atoms with E-state index in [0.29, 0.717) is 22.4 Å². The molecule has 2 heterocycles. The molecule has 2 aromatic heterocycles. The van der Waals surface area contributed by atoms with E-state index < -0.39 is 11.9 Å². The van der Waals surface area contributed by atoms with Crippen molar-refractivity contribution in [3.8, 4) is 0 Å². The molecule has 0 saturated carbocycles. The van der Waals surface area contributed by atoms with Crippen LogP contribution in [-0.4, -0.2) is 38.0 Å². The SMILES string of the molecule is CCOC(=O)c1cc(C(=O)Nc2cc(C)n(Cc3ccc(Cl)cc3Cl)n2)n(C)n1. The van der Waals surface area contributed by atoms with Gasteiger partial charge in [-0.25, -0.2) is 4.79 Å². The molecule has 8 nitrogen and oxygen atoms in total. The highest BCUT2D eigenvalue weighted by Crippen LogP contribution is 2.22. The lowest BCUT2D eigenvalue weighted by molar-refractivity contribution is 0.0518. The third kappa shape index (κ3) is 4.78. The second-order valence-corrected chi connectivity index (χ2v) is 7.12. The molecule has 0 aliphatic heterocycles. The van der Waals surface area contributed by atoms with Crippen molar-refractivity contribution in [2.24, 2.45) is 7.05 Å². The Balaban J connectivity index is 1.75. The molecule has 29 heavy (non-hydrogen) atoms. The first-order valence-corrected chi connectivity index (χ1v) is 9.55. The summed E-state index contributed by atoms with van der Waals surface area (Å²) in [7, 11) is 1.57. The van der Waals surface area contributed by atoms with Crippen molar-refractivity contribution in [3.63, 3.8) is 0 Å². The number of rotatable bonds is 6. The van der Waals surface area contributed by atoms with Crippen LogP contribution >= 0.6 is 23.2 Å². The maximum Gasteiger partial charge on any atom is 0.358 e.